The lowest BCUT2D eigenvalue weighted by atomic mass is 10.1. The van der Waals surface area contributed by atoms with Crippen molar-refractivity contribution in [2.45, 2.75) is 12.6 Å². The first-order valence-corrected chi connectivity index (χ1v) is 6.15. The quantitative estimate of drug-likeness (QED) is 0.922. The van der Waals surface area contributed by atoms with Gasteiger partial charge in [0.1, 0.15) is 0 Å². The number of hydrogen-bond donors (Lipinski definition) is 1. The van der Waals surface area contributed by atoms with Gasteiger partial charge in [-0.15, -0.1) is 12.4 Å². The van der Waals surface area contributed by atoms with Crippen LogP contribution < -0.4 is 5.32 Å². The first kappa shape index (κ1) is 16.3. The summed E-state index contributed by atoms with van der Waals surface area (Å²) in [5.41, 5.74) is 0.384. The lowest BCUT2D eigenvalue weighted by Gasteiger charge is -2.27. The van der Waals surface area contributed by atoms with Crippen LogP contribution in [-0.2, 0) is 12.6 Å². The van der Waals surface area contributed by atoms with E-state index in [1.54, 1.807) is 12.1 Å². The van der Waals surface area contributed by atoms with Crippen LogP contribution >= 0.6 is 12.4 Å². The van der Waals surface area contributed by atoms with E-state index in [1.165, 1.54) is 0 Å². The molecule has 108 valence electrons. The number of benzene rings is 1. The van der Waals surface area contributed by atoms with Gasteiger partial charge in [0, 0.05) is 32.7 Å². The molecule has 0 saturated carbocycles. The van der Waals surface area contributed by atoms with E-state index in [0.29, 0.717) is 0 Å². The lowest BCUT2D eigenvalue weighted by molar-refractivity contribution is -0.137. The molecule has 0 spiro atoms. The van der Waals surface area contributed by atoms with E-state index in [-0.39, 0.29) is 12.4 Å². The van der Waals surface area contributed by atoms with Gasteiger partial charge in [0.2, 0.25) is 0 Å². The minimum Gasteiger partial charge on any atom is -0.314 e. The van der Waals surface area contributed by atoms with Crippen molar-refractivity contribution >= 4 is 12.4 Å². The van der Waals surface area contributed by atoms with Gasteiger partial charge in [0.05, 0.1) is 5.56 Å². The predicted molar refractivity (Wildman–Crippen MR) is 71.7 cm³/mol. The van der Waals surface area contributed by atoms with Crippen molar-refractivity contribution in [3.8, 4) is 0 Å². The molecule has 0 unspecified atom stereocenters. The van der Waals surface area contributed by atoms with Gasteiger partial charge in [-0.3, -0.25) is 0 Å². The van der Waals surface area contributed by atoms with E-state index in [1.807, 2.05) is 0 Å². The van der Waals surface area contributed by atoms with Gasteiger partial charge >= 0.3 is 6.18 Å². The fourth-order valence-electron chi connectivity index (χ4n) is 2.08. The Morgan fingerprint density at radius 2 is 1.63 bits per heavy atom. The zero-order chi connectivity index (χ0) is 13.0. The van der Waals surface area contributed by atoms with Crippen molar-refractivity contribution < 1.29 is 13.2 Å². The summed E-state index contributed by atoms with van der Waals surface area (Å²) in [7, 11) is 0. The molecule has 19 heavy (non-hydrogen) atoms. The number of halogens is 4. The predicted octanol–water partition coefficient (Wildman–Crippen LogP) is 2.57. The standard InChI is InChI=1S/C13H17F3N2.ClH/c14-13(15,16)12-3-1-11(2-4-12)5-8-18-9-6-17-7-10-18;/h1-4,17H,5-10H2;1H. The fourth-order valence-corrected chi connectivity index (χ4v) is 2.08. The van der Waals surface area contributed by atoms with Crippen molar-refractivity contribution in [2.75, 3.05) is 32.7 Å². The molecular formula is C13H18ClF3N2. The Morgan fingerprint density at radius 1 is 1.05 bits per heavy atom. The number of nitrogens with zero attached hydrogens (tertiary/aromatic N) is 1. The second-order valence-corrected chi connectivity index (χ2v) is 4.54. The van der Waals surface area contributed by atoms with Crippen LogP contribution in [0.3, 0.4) is 0 Å². The number of piperazine rings is 1. The van der Waals surface area contributed by atoms with E-state index in [9.17, 15) is 13.2 Å². The molecule has 0 bridgehead atoms. The molecule has 1 aliphatic heterocycles. The maximum atomic E-state index is 12.4. The van der Waals surface area contributed by atoms with Crippen LogP contribution in [-0.4, -0.2) is 37.6 Å². The van der Waals surface area contributed by atoms with Crippen LogP contribution in [0.25, 0.3) is 0 Å². The highest BCUT2D eigenvalue weighted by Crippen LogP contribution is 2.29. The second-order valence-electron chi connectivity index (χ2n) is 4.54. The third-order valence-electron chi connectivity index (χ3n) is 3.21. The minimum atomic E-state index is -4.24. The third-order valence-corrected chi connectivity index (χ3v) is 3.21. The van der Waals surface area contributed by atoms with Crippen LogP contribution in [0.1, 0.15) is 11.1 Å². The second kappa shape index (κ2) is 7.12. The summed E-state index contributed by atoms with van der Waals surface area (Å²) in [6, 6.07) is 5.47. The van der Waals surface area contributed by atoms with Crippen LogP contribution in [0.4, 0.5) is 13.2 Å². The first-order valence-electron chi connectivity index (χ1n) is 6.15. The molecule has 0 atom stereocenters. The van der Waals surface area contributed by atoms with E-state index in [0.717, 1.165) is 56.8 Å². The minimum absolute atomic E-state index is 0. The van der Waals surface area contributed by atoms with Crippen molar-refractivity contribution in [3.05, 3.63) is 35.4 Å². The molecule has 1 aliphatic rings. The summed E-state index contributed by atoms with van der Waals surface area (Å²) in [6.45, 7) is 4.92. The highest BCUT2D eigenvalue weighted by Gasteiger charge is 2.29. The van der Waals surface area contributed by atoms with E-state index in [2.05, 4.69) is 10.2 Å². The SMILES string of the molecule is Cl.FC(F)(F)c1ccc(CCN2CCNCC2)cc1. The molecule has 1 aromatic rings. The van der Waals surface area contributed by atoms with Gasteiger partial charge in [-0.05, 0) is 24.1 Å². The molecule has 2 rings (SSSR count). The normalized spacial score (nSPS) is 17.0. The molecule has 0 aliphatic carbocycles. The van der Waals surface area contributed by atoms with E-state index < -0.39 is 11.7 Å². The molecule has 0 amide bonds. The van der Waals surface area contributed by atoms with Gasteiger partial charge in [-0.2, -0.15) is 13.2 Å². The van der Waals surface area contributed by atoms with Crippen LogP contribution in [0.2, 0.25) is 0 Å². The van der Waals surface area contributed by atoms with E-state index in [4.69, 9.17) is 0 Å². The maximum absolute atomic E-state index is 12.4. The molecule has 1 N–H and O–H groups in total. The monoisotopic (exact) mass is 294 g/mol. The molecule has 0 radical (unpaired) electrons. The third kappa shape index (κ3) is 5.01. The molecule has 1 heterocycles. The Hall–Kier alpha value is -0.780. The van der Waals surface area contributed by atoms with Crippen LogP contribution in [0, 0.1) is 0 Å². The molecule has 1 aromatic carbocycles. The fraction of sp³-hybridized carbons (Fsp3) is 0.538. The zero-order valence-electron chi connectivity index (χ0n) is 10.5. The van der Waals surface area contributed by atoms with Gasteiger partial charge < -0.3 is 10.2 Å². The zero-order valence-corrected chi connectivity index (χ0v) is 11.4. The average molecular weight is 295 g/mol. The van der Waals surface area contributed by atoms with Crippen LogP contribution in [0.5, 0.6) is 0 Å². The summed E-state index contributed by atoms with van der Waals surface area (Å²) in [6.07, 6.45) is -3.44. The lowest BCUT2D eigenvalue weighted by Crippen LogP contribution is -2.44. The van der Waals surface area contributed by atoms with Gasteiger partial charge in [-0.1, -0.05) is 12.1 Å². The average Bonchev–Trinajstić information content (AvgIpc) is 2.37. The highest BCUT2D eigenvalue weighted by atomic mass is 35.5. The van der Waals surface area contributed by atoms with E-state index >= 15 is 0 Å². The van der Waals surface area contributed by atoms with Crippen molar-refractivity contribution in [2.24, 2.45) is 0 Å². The molecule has 2 nitrogen and oxygen atoms in total. The highest BCUT2D eigenvalue weighted by molar-refractivity contribution is 5.85. The van der Waals surface area contributed by atoms with Gasteiger partial charge in [0.25, 0.3) is 0 Å². The number of nitrogens with one attached hydrogen (secondary N) is 1. The topological polar surface area (TPSA) is 15.3 Å². The van der Waals surface area contributed by atoms with Gasteiger partial charge in [-0.25, -0.2) is 0 Å². The summed E-state index contributed by atoms with van der Waals surface area (Å²) in [4.78, 5) is 2.33. The van der Waals surface area contributed by atoms with Crippen molar-refractivity contribution in [1.29, 1.82) is 0 Å². The summed E-state index contributed by atoms with van der Waals surface area (Å²) in [5, 5.41) is 3.27. The number of hydrogen-bond acceptors (Lipinski definition) is 2. The van der Waals surface area contributed by atoms with Crippen molar-refractivity contribution in [3.63, 3.8) is 0 Å². The smallest absolute Gasteiger partial charge is 0.314 e. The largest absolute Gasteiger partial charge is 0.416 e. The summed E-state index contributed by atoms with van der Waals surface area (Å²) >= 11 is 0. The Labute approximate surface area is 117 Å². The number of rotatable bonds is 3. The Kier molecular flexibility index (Phi) is 6.10. The van der Waals surface area contributed by atoms with Crippen LogP contribution in [0.15, 0.2) is 24.3 Å². The Bertz CT molecular complexity index is 372. The summed E-state index contributed by atoms with van der Waals surface area (Å²) < 4.78 is 37.1. The van der Waals surface area contributed by atoms with Gasteiger partial charge in [0.15, 0.2) is 0 Å². The summed E-state index contributed by atoms with van der Waals surface area (Å²) in [5.74, 6) is 0. The molecule has 0 aromatic heterocycles. The molecule has 6 heteroatoms. The Morgan fingerprint density at radius 3 is 2.16 bits per heavy atom. The molecular weight excluding hydrogens is 277 g/mol. The maximum Gasteiger partial charge on any atom is 0.416 e. The molecule has 1 fully saturated rings. The van der Waals surface area contributed by atoms with Crippen molar-refractivity contribution in [1.82, 2.24) is 10.2 Å². The Balaban J connectivity index is 0.00000180. The molecule has 1 saturated heterocycles. The first-order chi connectivity index (χ1) is 8.55. The number of alkyl halides is 3.